The van der Waals surface area contributed by atoms with E-state index in [1.165, 1.54) is 7.11 Å². The number of rotatable bonds is 5. The van der Waals surface area contributed by atoms with Gasteiger partial charge in [-0.3, -0.25) is 4.98 Å². The Morgan fingerprint density at radius 3 is 2.50 bits per heavy atom. The van der Waals surface area contributed by atoms with Gasteiger partial charge >= 0.3 is 0 Å². The monoisotopic (exact) mass is 466 g/mol. The van der Waals surface area contributed by atoms with Gasteiger partial charge < -0.3 is 15.2 Å². The average Bonchev–Trinajstić information content (AvgIpc) is 3.22. The number of nitrogen functional groups attached to an aromatic ring is 1. The number of fused-ring (bicyclic) bond motifs is 3. The van der Waals surface area contributed by atoms with Crippen LogP contribution in [-0.4, -0.2) is 44.7 Å². The van der Waals surface area contributed by atoms with Crippen molar-refractivity contribution in [3.8, 4) is 5.75 Å². The number of alkyl halides is 2. The van der Waals surface area contributed by atoms with Crippen LogP contribution in [-0.2, 0) is 10.3 Å². The molecule has 8 nitrogen and oxygen atoms in total. The molecule has 0 atom stereocenters. The Hall–Kier alpha value is -3.40. The highest BCUT2D eigenvalue weighted by atomic mass is 19.3. The molecule has 10 heteroatoms. The zero-order valence-electron chi connectivity index (χ0n) is 18.8. The number of anilines is 1. The van der Waals surface area contributed by atoms with E-state index in [0.29, 0.717) is 22.5 Å². The maximum atomic E-state index is 13.5. The number of hydrogen-bond acceptors (Lipinski definition) is 7. The van der Waals surface area contributed by atoms with Crippen LogP contribution < -0.4 is 10.5 Å². The van der Waals surface area contributed by atoms with Crippen molar-refractivity contribution in [3.05, 3.63) is 53.6 Å². The third-order valence-electron chi connectivity index (χ3n) is 7.24. The number of halogens is 2. The third kappa shape index (κ3) is 3.12. The number of pyridine rings is 1. The Morgan fingerprint density at radius 1 is 1.06 bits per heavy atom. The second kappa shape index (κ2) is 7.30. The summed E-state index contributed by atoms with van der Waals surface area (Å²) in [4.78, 5) is 13.8. The lowest BCUT2D eigenvalue weighted by atomic mass is 9.71. The SMILES string of the molecule is COc1cccc2c1nc(N)n1nc(C3CC(c4ccc(C5(OC)CC(F)(F)C5)cn4)C3)nc21. The molecule has 176 valence electrons. The minimum atomic E-state index is -2.67. The first-order valence-electron chi connectivity index (χ1n) is 11.2. The minimum absolute atomic E-state index is 0.182. The molecule has 6 rings (SSSR count). The van der Waals surface area contributed by atoms with Crippen molar-refractivity contribution in [3.63, 3.8) is 0 Å². The summed E-state index contributed by atoms with van der Waals surface area (Å²) in [6.45, 7) is 0. The van der Waals surface area contributed by atoms with Gasteiger partial charge in [-0.25, -0.2) is 18.7 Å². The molecule has 0 aliphatic heterocycles. The van der Waals surface area contributed by atoms with E-state index in [4.69, 9.17) is 20.2 Å². The van der Waals surface area contributed by atoms with Gasteiger partial charge in [0.15, 0.2) is 11.5 Å². The fraction of sp³-hybridized carbons (Fsp3) is 0.417. The molecule has 3 heterocycles. The van der Waals surface area contributed by atoms with Gasteiger partial charge in [-0.15, -0.1) is 5.10 Å². The van der Waals surface area contributed by atoms with Crippen molar-refractivity contribution in [2.75, 3.05) is 20.0 Å². The van der Waals surface area contributed by atoms with Crippen LogP contribution >= 0.6 is 0 Å². The molecule has 0 radical (unpaired) electrons. The molecule has 2 aliphatic rings. The van der Waals surface area contributed by atoms with Crippen LogP contribution in [0, 0.1) is 0 Å². The van der Waals surface area contributed by atoms with E-state index in [2.05, 4.69) is 15.1 Å². The number of nitrogens with zero attached hydrogens (tertiary/aromatic N) is 5. The Bertz CT molecular complexity index is 1390. The molecular formula is C24H24F2N6O2. The van der Waals surface area contributed by atoms with Crippen molar-refractivity contribution in [1.29, 1.82) is 0 Å². The van der Waals surface area contributed by atoms with Crippen molar-refractivity contribution in [2.24, 2.45) is 0 Å². The summed E-state index contributed by atoms with van der Waals surface area (Å²) >= 11 is 0. The summed E-state index contributed by atoms with van der Waals surface area (Å²) in [5.41, 5.74) is 8.18. The van der Waals surface area contributed by atoms with Crippen molar-refractivity contribution in [1.82, 2.24) is 24.6 Å². The summed E-state index contributed by atoms with van der Waals surface area (Å²) in [7, 11) is 3.07. The van der Waals surface area contributed by atoms with Crippen LogP contribution in [0.5, 0.6) is 5.75 Å². The van der Waals surface area contributed by atoms with E-state index >= 15 is 0 Å². The Labute approximate surface area is 194 Å². The molecule has 0 amide bonds. The molecule has 3 aromatic heterocycles. The van der Waals surface area contributed by atoms with E-state index in [0.717, 1.165) is 29.7 Å². The number of nitrogens with two attached hydrogens (primary N) is 1. The maximum Gasteiger partial charge on any atom is 0.254 e. The first-order valence-corrected chi connectivity index (χ1v) is 11.2. The first kappa shape index (κ1) is 21.2. The molecule has 1 aromatic carbocycles. The normalized spacial score (nSPS) is 22.9. The second-order valence-corrected chi connectivity index (χ2v) is 9.28. The molecule has 4 aromatic rings. The Balaban J connectivity index is 1.21. The van der Waals surface area contributed by atoms with Crippen LogP contribution in [0.15, 0.2) is 36.5 Å². The highest BCUT2D eigenvalue weighted by molar-refractivity contribution is 5.95. The van der Waals surface area contributed by atoms with Crippen LogP contribution in [0.4, 0.5) is 14.7 Å². The van der Waals surface area contributed by atoms with Gasteiger partial charge in [0, 0.05) is 54.6 Å². The van der Waals surface area contributed by atoms with E-state index in [-0.39, 0.29) is 30.6 Å². The lowest BCUT2D eigenvalue weighted by Crippen LogP contribution is -2.50. The van der Waals surface area contributed by atoms with Crippen molar-refractivity contribution < 1.29 is 18.3 Å². The standard InChI is InChI=1S/C24H24F2N6O2/c1-33-18-5-3-4-16-19(18)29-22(27)32-21(16)30-20(31-32)14-8-13(9-14)17-7-6-15(10-28-17)23(34-2)11-24(25,26)12-23/h3-7,10,13-14H,8-9,11-12H2,1-2H3,(H2,27,29). The number of benzene rings is 1. The second-order valence-electron chi connectivity index (χ2n) is 9.28. The summed E-state index contributed by atoms with van der Waals surface area (Å²) in [5, 5.41) is 5.45. The van der Waals surface area contributed by atoms with Gasteiger partial charge in [-0.05, 0) is 31.0 Å². The van der Waals surface area contributed by atoms with Crippen LogP contribution in [0.3, 0.4) is 0 Å². The summed E-state index contributed by atoms with van der Waals surface area (Å²) in [6, 6.07) is 9.44. The molecule has 0 saturated heterocycles. The predicted molar refractivity (Wildman–Crippen MR) is 121 cm³/mol. The molecule has 0 unspecified atom stereocenters. The van der Waals surface area contributed by atoms with E-state index in [9.17, 15) is 8.78 Å². The minimum Gasteiger partial charge on any atom is -0.494 e. The number of methoxy groups -OCH3 is 2. The summed E-state index contributed by atoms with van der Waals surface area (Å²) in [5.74, 6) is -0.609. The van der Waals surface area contributed by atoms with Gasteiger partial charge in [0.05, 0.1) is 7.11 Å². The molecule has 0 bridgehead atoms. The van der Waals surface area contributed by atoms with Crippen molar-refractivity contribution in [2.45, 2.75) is 49.0 Å². The fourth-order valence-corrected chi connectivity index (χ4v) is 5.22. The molecule has 34 heavy (non-hydrogen) atoms. The summed E-state index contributed by atoms with van der Waals surface area (Å²) in [6.07, 6.45) is 2.77. The van der Waals surface area contributed by atoms with Crippen LogP contribution in [0.25, 0.3) is 16.6 Å². The first-order chi connectivity index (χ1) is 16.3. The number of ether oxygens (including phenoxy) is 2. The van der Waals surface area contributed by atoms with E-state index in [1.54, 1.807) is 17.8 Å². The highest BCUT2D eigenvalue weighted by Gasteiger charge is 2.58. The van der Waals surface area contributed by atoms with Crippen LogP contribution in [0.1, 0.15) is 54.6 Å². The van der Waals surface area contributed by atoms with Gasteiger partial charge in [-0.1, -0.05) is 12.1 Å². The predicted octanol–water partition coefficient (Wildman–Crippen LogP) is 4.20. The largest absolute Gasteiger partial charge is 0.494 e. The Kier molecular flexibility index (Phi) is 4.54. The van der Waals surface area contributed by atoms with Gasteiger partial charge in [-0.2, -0.15) is 4.52 Å². The number of hydrogen-bond donors (Lipinski definition) is 1. The van der Waals surface area contributed by atoms with Crippen LogP contribution in [0.2, 0.25) is 0 Å². The molecule has 2 fully saturated rings. The average molecular weight is 466 g/mol. The quantitative estimate of drug-likeness (QED) is 0.471. The Morgan fingerprint density at radius 2 is 1.85 bits per heavy atom. The third-order valence-corrected chi connectivity index (χ3v) is 7.24. The van der Waals surface area contributed by atoms with E-state index < -0.39 is 11.5 Å². The number of aromatic nitrogens is 5. The highest BCUT2D eigenvalue weighted by Crippen LogP contribution is 2.54. The van der Waals surface area contributed by atoms with Gasteiger partial charge in [0.1, 0.15) is 16.9 Å². The topological polar surface area (TPSA) is 100 Å². The smallest absolute Gasteiger partial charge is 0.254 e. The summed E-state index contributed by atoms with van der Waals surface area (Å²) < 4.78 is 39.4. The van der Waals surface area contributed by atoms with Gasteiger partial charge in [0.2, 0.25) is 5.95 Å². The van der Waals surface area contributed by atoms with Crippen molar-refractivity contribution >= 4 is 22.5 Å². The molecule has 2 aliphatic carbocycles. The fourth-order valence-electron chi connectivity index (χ4n) is 5.22. The molecule has 0 spiro atoms. The molecular weight excluding hydrogens is 442 g/mol. The van der Waals surface area contributed by atoms with E-state index in [1.807, 2.05) is 30.3 Å². The zero-order valence-corrected chi connectivity index (χ0v) is 18.8. The molecule has 2 saturated carbocycles. The maximum absolute atomic E-state index is 13.5. The lowest BCUT2D eigenvalue weighted by molar-refractivity contribution is -0.224. The number of para-hydroxylation sites is 1. The van der Waals surface area contributed by atoms with Gasteiger partial charge in [0.25, 0.3) is 5.92 Å². The molecule has 2 N–H and O–H groups in total. The lowest BCUT2D eigenvalue weighted by Gasteiger charge is -2.46. The zero-order chi connectivity index (χ0) is 23.7.